The van der Waals surface area contributed by atoms with Gasteiger partial charge in [0.1, 0.15) is 12.6 Å². The van der Waals surface area contributed by atoms with E-state index in [9.17, 15) is 9.59 Å². The van der Waals surface area contributed by atoms with Gasteiger partial charge in [0, 0.05) is 12.3 Å². The summed E-state index contributed by atoms with van der Waals surface area (Å²) in [5.41, 5.74) is 6.77. The summed E-state index contributed by atoms with van der Waals surface area (Å²) in [7, 11) is 0. The lowest BCUT2D eigenvalue weighted by molar-refractivity contribution is -0.141. The Morgan fingerprint density at radius 2 is 1.53 bits per heavy atom. The van der Waals surface area contributed by atoms with E-state index in [4.69, 9.17) is 9.47 Å². The standard InChI is InChI=1S/C27H25NO4/c1-17-11-13-19(14-12-17)15-25-26(29)32-18(2)28(25)27(30)31-16-24-22-9-5-3-7-20(22)21-8-4-6-10-23(21)24/h3-14,18,24-25H,15-16H2,1-2H3/t18?,25-/m0/s1. The Morgan fingerprint density at radius 1 is 0.938 bits per heavy atom. The Labute approximate surface area is 187 Å². The van der Waals surface area contributed by atoms with E-state index in [0.29, 0.717) is 6.42 Å². The third-order valence-corrected chi connectivity index (χ3v) is 6.38. The molecule has 3 aromatic carbocycles. The zero-order valence-electron chi connectivity index (χ0n) is 18.2. The predicted octanol–water partition coefficient (Wildman–Crippen LogP) is 5.06. The number of carbonyl (C=O) groups is 2. The van der Waals surface area contributed by atoms with Gasteiger partial charge in [-0.3, -0.25) is 4.90 Å². The van der Waals surface area contributed by atoms with Crippen molar-refractivity contribution in [3.05, 3.63) is 95.1 Å². The molecule has 5 rings (SSSR count). The Bertz CT molecular complexity index is 1120. The highest BCUT2D eigenvalue weighted by Gasteiger charge is 2.44. The number of amides is 1. The number of nitrogens with zero attached hydrogens (tertiary/aromatic N) is 1. The maximum atomic E-state index is 13.1. The average Bonchev–Trinajstić information content (AvgIpc) is 3.27. The van der Waals surface area contributed by atoms with Crippen molar-refractivity contribution in [2.45, 2.75) is 38.5 Å². The van der Waals surface area contributed by atoms with Gasteiger partial charge in [-0.15, -0.1) is 0 Å². The number of aryl methyl sites for hydroxylation is 1. The summed E-state index contributed by atoms with van der Waals surface area (Å²) >= 11 is 0. The van der Waals surface area contributed by atoms with Gasteiger partial charge >= 0.3 is 12.1 Å². The number of rotatable bonds is 4. The van der Waals surface area contributed by atoms with Gasteiger partial charge in [-0.2, -0.15) is 0 Å². The molecule has 0 aromatic heterocycles. The van der Waals surface area contributed by atoms with Crippen LogP contribution in [0.2, 0.25) is 0 Å². The van der Waals surface area contributed by atoms with Crippen LogP contribution in [-0.4, -0.2) is 35.8 Å². The van der Waals surface area contributed by atoms with E-state index in [-0.39, 0.29) is 12.5 Å². The molecule has 0 radical (unpaired) electrons. The van der Waals surface area contributed by atoms with Gasteiger partial charge in [-0.1, -0.05) is 78.4 Å². The van der Waals surface area contributed by atoms with Crippen LogP contribution in [0.3, 0.4) is 0 Å². The fourth-order valence-corrected chi connectivity index (χ4v) is 4.74. The molecule has 1 unspecified atom stereocenters. The fraction of sp³-hybridized carbons (Fsp3) is 0.259. The minimum absolute atomic E-state index is 0.0311. The summed E-state index contributed by atoms with van der Waals surface area (Å²) in [6.45, 7) is 3.93. The van der Waals surface area contributed by atoms with Crippen molar-refractivity contribution in [2.24, 2.45) is 0 Å². The summed E-state index contributed by atoms with van der Waals surface area (Å²) in [5, 5.41) is 0. The number of benzene rings is 3. The normalized spacial score (nSPS) is 19.4. The molecule has 1 amide bonds. The number of hydrogen-bond donors (Lipinski definition) is 0. The molecule has 0 saturated carbocycles. The lowest BCUT2D eigenvalue weighted by Crippen LogP contribution is -2.43. The minimum atomic E-state index is -0.691. The third-order valence-electron chi connectivity index (χ3n) is 6.38. The maximum Gasteiger partial charge on any atom is 0.413 e. The molecule has 162 valence electrons. The minimum Gasteiger partial charge on any atom is -0.448 e. The van der Waals surface area contributed by atoms with Crippen LogP contribution in [0.15, 0.2) is 72.8 Å². The second-order valence-corrected chi connectivity index (χ2v) is 8.45. The second kappa shape index (κ2) is 8.15. The van der Waals surface area contributed by atoms with E-state index in [1.165, 1.54) is 16.0 Å². The van der Waals surface area contributed by atoms with Crippen molar-refractivity contribution in [3.63, 3.8) is 0 Å². The van der Waals surface area contributed by atoms with Crippen molar-refractivity contribution < 1.29 is 19.1 Å². The van der Waals surface area contributed by atoms with E-state index in [2.05, 4.69) is 24.3 Å². The van der Waals surface area contributed by atoms with Crippen LogP contribution in [0.1, 0.15) is 35.1 Å². The number of hydrogen-bond acceptors (Lipinski definition) is 4. The number of carbonyl (C=O) groups excluding carboxylic acids is 2. The zero-order chi connectivity index (χ0) is 22.2. The van der Waals surface area contributed by atoms with Gasteiger partial charge in [0.25, 0.3) is 0 Å². The van der Waals surface area contributed by atoms with Crippen molar-refractivity contribution >= 4 is 12.1 Å². The van der Waals surface area contributed by atoms with Gasteiger partial charge in [0.05, 0.1) is 0 Å². The van der Waals surface area contributed by atoms with Crippen LogP contribution < -0.4 is 0 Å². The topological polar surface area (TPSA) is 55.8 Å². The molecule has 1 saturated heterocycles. The van der Waals surface area contributed by atoms with E-state index in [1.54, 1.807) is 6.92 Å². The molecule has 1 aliphatic heterocycles. The van der Waals surface area contributed by atoms with E-state index >= 15 is 0 Å². The highest BCUT2D eigenvalue weighted by Crippen LogP contribution is 2.44. The van der Waals surface area contributed by atoms with Gasteiger partial charge in [0.2, 0.25) is 0 Å². The van der Waals surface area contributed by atoms with E-state index in [1.807, 2.05) is 55.5 Å². The van der Waals surface area contributed by atoms with Crippen LogP contribution in [0.25, 0.3) is 11.1 Å². The van der Waals surface area contributed by atoms with Gasteiger partial charge in [0.15, 0.2) is 6.23 Å². The summed E-state index contributed by atoms with van der Waals surface area (Å²) < 4.78 is 11.2. The monoisotopic (exact) mass is 427 g/mol. The first-order valence-electron chi connectivity index (χ1n) is 10.9. The van der Waals surface area contributed by atoms with Gasteiger partial charge < -0.3 is 9.47 Å². The van der Waals surface area contributed by atoms with Crippen LogP contribution in [0.4, 0.5) is 4.79 Å². The lowest BCUT2D eigenvalue weighted by atomic mass is 9.98. The molecule has 2 aliphatic rings. The second-order valence-electron chi connectivity index (χ2n) is 8.45. The van der Waals surface area contributed by atoms with Crippen molar-refractivity contribution in [1.29, 1.82) is 0 Å². The molecule has 3 aromatic rings. The molecule has 5 heteroatoms. The quantitative estimate of drug-likeness (QED) is 0.546. The van der Waals surface area contributed by atoms with Gasteiger partial charge in [-0.25, -0.2) is 9.59 Å². The largest absolute Gasteiger partial charge is 0.448 e. The van der Waals surface area contributed by atoms with E-state index < -0.39 is 24.3 Å². The summed E-state index contributed by atoms with van der Waals surface area (Å²) in [6.07, 6.45) is -0.788. The number of fused-ring (bicyclic) bond motifs is 3. The molecule has 32 heavy (non-hydrogen) atoms. The molecular formula is C27H25NO4. The van der Waals surface area contributed by atoms with Crippen molar-refractivity contribution in [1.82, 2.24) is 4.90 Å². The third kappa shape index (κ3) is 3.54. The summed E-state index contributed by atoms with van der Waals surface area (Å²) in [5.74, 6) is -0.428. The Kier molecular flexibility index (Phi) is 5.17. The lowest BCUT2D eigenvalue weighted by Gasteiger charge is -2.24. The molecule has 1 aliphatic carbocycles. The first kappa shape index (κ1) is 20.3. The smallest absolute Gasteiger partial charge is 0.413 e. The molecule has 2 atom stereocenters. The fourth-order valence-electron chi connectivity index (χ4n) is 4.74. The van der Waals surface area contributed by atoms with Crippen LogP contribution in [0.5, 0.6) is 0 Å². The summed E-state index contributed by atoms with van der Waals surface area (Å²) in [4.78, 5) is 27.0. The number of esters is 1. The first-order chi connectivity index (χ1) is 15.5. The highest BCUT2D eigenvalue weighted by atomic mass is 16.6. The van der Waals surface area contributed by atoms with Crippen molar-refractivity contribution in [3.8, 4) is 11.1 Å². The Hall–Kier alpha value is -3.60. The molecule has 5 nitrogen and oxygen atoms in total. The van der Waals surface area contributed by atoms with Crippen molar-refractivity contribution in [2.75, 3.05) is 6.61 Å². The van der Waals surface area contributed by atoms with Crippen LogP contribution >= 0.6 is 0 Å². The molecule has 0 bridgehead atoms. The Balaban J connectivity index is 1.34. The van der Waals surface area contributed by atoms with E-state index in [0.717, 1.165) is 22.3 Å². The van der Waals surface area contributed by atoms with Gasteiger partial charge in [-0.05, 0) is 41.7 Å². The Morgan fingerprint density at radius 3 is 2.16 bits per heavy atom. The van der Waals surface area contributed by atoms with Crippen LogP contribution in [-0.2, 0) is 20.7 Å². The first-order valence-corrected chi connectivity index (χ1v) is 10.9. The number of ether oxygens (including phenoxy) is 2. The molecule has 0 spiro atoms. The zero-order valence-corrected chi connectivity index (χ0v) is 18.2. The molecule has 0 N–H and O–H groups in total. The molecular weight excluding hydrogens is 402 g/mol. The SMILES string of the molecule is Cc1ccc(C[C@H]2C(=O)OC(C)N2C(=O)OCC2c3ccccc3-c3ccccc32)cc1. The predicted molar refractivity (Wildman–Crippen MR) is 121 cm³/mol. The number of cyclic esters (lactones) is 1. The van der Waals surface area contributed by atoms with Crippen LogP contribution in [0, 0.1) is 6.92 Å². The highest BCUT2D eigenvalue weighted by molar-refractivity contribution is 5.85. The summed E-state index contributed by atoms with van der Waals surface area (Å²) in [6, 6.07) is 23.7. The molecule has 1 fully saturated rings. The molecule has 1 heterocycles. The maximum absolute atomic E-state index is 13.1. The average molecular weight is 428 g/mol.